The number of esters is 1. The van der Waals surface area contributed by atoms with Crippen LogP contribution in [0.2, 0.25) is 0 Å². The van der Waals surface area contributed by atoms with E-state index in [4.69, 9.17) is 5.26 Å². The first kappa shape index (κ1) is 13.7. The number of hydrogen-bond acceptors (Lipinski definition) is 3. The van der Waals surface area contributed by atoms with Gasteiger partial charge in [0.2, 0.25) is 0 Å². The highest BCUT2D eigenvalue weighted by molar-refractivity contribution is 5.83. The quantitative estimate of drug-likeness (QED) is 0.516. The van der Waals surface area contributed by atoms with Crippen molar-refractivity contribution < 1.29 is 9.53 Å². The van der Waals surface area contributed by atoms with Crippen LogP contribution in [0.15, 0.2) is 11.6 Å². The smallest absolute Gasteiger partial charge is 0.330 e. The average molecular weight is 209 g/mol. The maximum Gasteiger partial charge on any atom is 0.330 e. The molecule has 0 aliphatic rings. The number of rotatable bonds is 5. The first-order chi connectivity index (χ1) is 7.06. The lowest BCUT2D eigenvalue weighted by atomic mass is 9.80. The van der Waals surface area contributed by atoms with E-state index in [1.807, 2.05) is 19.9 Å². The summed E-state index contributed by atoms with van der Waals surface area (Å²) in [5.74, 6) is -0.474. The Bertz CT molecular complexity index is 288. The third-order valence-corrected chi connectivity index (χ3v) is 2.43. The van der Waals surface area contributed by atoms with Gasteiger partial charge in [0, 0.05) is 0 Å². The average Bonchev–Trinajstić information content (AvgIpc) is 2.26. The molecule has 0 fully saturated rings. The third-order valence-electron chi connectivity index (χ3n) is 2.43. The molecule has 0 aromatic carbocycles. The highest BCUT2D eigenvalue weighted by Crippen LogP contribution is 2.31. The SMILES string of the molecule is CC/C=C(\CCC)C(C)(C#N)C(=O)OC. The molecule has 1 unspecified atom stereocenters. The standard InChI is InChI=1S/C12H19NO2/c1-5-7-10(8-6-2)12(3,9-13)11(14)15-4/h7H,5-6,8H2,1-4H3/b10-7+. The summed E-state index contributed by atoms with van der Waals surface area (Å²) in [6, 6.07) is 2.06. The molecule has 3 nitrogen and oxygen atoms in total. The molecule has 0 aromatic rings. The largest absolute Gasteiger partial charge is 0.468 e. The lowest BCUT2D eigenvalue weighted by molar-refractivity contribution is -0.146. The molecule has 0 spiro atoms. The number of nitrogens with zero attached hydrogens (tertiary/aromatic N) is 1. The van der Waals surface area contributed by atoms with E-state index in [1.165, 1.54) is 7.11 Å². The zero-order valence-corrected chi connectivity index (χ0v) is 9.96. The van der Waals surface area contributed by atoms with Gasteiger partial charge >= 0.3 is 5.97 Å². The Morgan fingerprint density at radius 2 is 2.13 bits per heavy atom. The zero-order chi connectivity index (χ0) is 11.9. The predicted octanol–water partition coefficient (Wildman–Crippen LogP) is 2.83. The van der Waals surface area contributed by atoms with Crippen molar-refractivity contribution in [2.75, 3.05) is 7.11 Å². The molecule has 0 bridgehead atoms. The number of hydrogen-bond donors (Lipinski definition) is 0. The van der Waals surface area contributed by atoms with Crippen LogP contribution in [0.5, 0.6) is 0 Å². The van der Waals surface area contributed by atoms with E-state index in [2.05, 4.69) is 10.8 Å². The summed E-state index contributed by atoms with van der Waals surface area (Å²) in [5.41, 5.74) is -0.261. The summed E-state index contributed by atoms with van der Waals surface area (Å²) in [7, 11) is 1.31. The van der Waals surface area contributed by atoms with Gasteiger partial charge < -0.3 is 4.74 Å². The number of carbonyl (C=O) groups excluding carboxylic acids is 1. The van der Waals surface area contributed by atoms with Crippen molar-refractivity contribution in [3.63, 3.8) is 0 Å². The van der Waals surface area contributed by atoms with Gasteiger partial charge in [0.25, 0.3) is 0 Å². The Kier molecular flexibility index (Phi) is 5.69. The molecule has 0 aliphatic carbocycles. The van der Waals surface area contributed by atoms with Crippen molar-refractivity contribution in [3.8, 4) is 6.07 Å². The van der Waals surface area contributed by atoms with Gasteiger partial charge in [-0.3, -0.25) is 0 Å². The summed E-state index contributed by atoms with van der Waals surface area (Å²) in [6.07, 6.45) is 4.44. The number of ether oxygens (including phenoxy) is 1. The van der Waals surface area contributed by atoms with Gasteiger partial charge in [-0.25, -0.2) is 4.79 Å². The third kappa shape index (κ3) is 3.09. The molecule has 0 saturated heterocycles. The van der Waals surface area contributed by atoms with Gasteiger partial charge in [-0.15, -0.1) is 0 Å². The fourth-order valence-corrected chi connectivity index (χ4v) is 1.52. The maximum atomic E-state index is 11.6. The lowest BCUT2D eigenvalue weighted by Crippen LogP contribution is -2.29. The number of allylic oxidation sites excluding steroid dienone is 1. The van der Waals surface area contributed by atoms with Gasteiger partial charge in [0.1, 0.15) is 0 Å². The van der Waals surface area contributed by atoms with Crippen molar-refractivity contribution in [1.29, 1.82) is 5.26 Å². The Labute approximate surface area is 91.7 Å². The molecule has 0 rings (SSSR count). The van der Waals surface area contributed by atoms with Crippen LogP contribution in [-0.2, 0) is 9.53 Å². The number of nitriles is 1. The summed E-state index contributed by atoms with van der Waals surface area (Å²) in [4.78, 5) is 11.6. The van der Waals surface area contributed by atoms with Gasteiger partial charge in [-0.1, -0.05) is 26.3 Å². The lowest BCUT2D eigenvalue weighted by Gasteiger charge is -2.22. The van der Waals surface area contributed by atoms with Gasteiger partial charge in [0.05, 0.1) is 13.2 Å². The normalized spacial score (nSPS) is 15.3. The van der Waals surface area contributed by atoms with Gasteiger partial charge in [0.15, 0.2) is 5.41 Å². The Morgan fingerprint density at radius 1 is 1.53 bits per heavy atom. The minimum absolute atomic E-state index is 0.474. The highest BCUT2D eigenvalue weighted by Gasteiger charge is 2.37. The van der Waals surface area contributed by atoms with Crippen molar-refractivity contribution in [2.24, 2.45) is 5.41 Å². The maximum absolute atomic E-state index is 11.6. The van der Waals surface area contributed by atoms with Crippen LogP contribution in [0, 0.1) is 16.7 Å². The van der Waals surface area contributed by atoms with Crippen molar-refractivity contribution in [3.05, 3.63) is 11.6 Å². The van der Waals surface area contributed by atoms with E-state index < -0.39 is 11.4 Å². The van der Waals surface area contributed by atoms with E-state index in [1.54, 1.807) is 6.92 Å². The second-order valence-corrected chi connectivity index (χ2v) is 3.62. The minimum atomic E-state index is -1.12. The second kappa shape index (κ2) is 6.23. The van der Waals surface area contributed by atoms with E-state index >= 15 is 0 Å². The van der Waals surface area contributed by atoms with Crippen LogP contribution in [0.1, 0.15) is 40.0 Å². The summed E-state index contributed by atoms with van der Waals surface area (Å²) in [6.45, 7) is 5.64. The topological polar surface area (TPSA) is 50.1 Å². The first-order valence-corrected chi connectivity index (χ1v) is 5.25. The van der Waals surface area contributed by atoms with Crippen LogP contribution in [-0.4, -0.2) is 13.1 Å². The Hall–Kier alpha value is -1.30. The van der Waals surface area contributed by atoms with E-state index in [0.29, 0.717) is 0 Å². The predicted molar refractivity (Wildman–Crippen MR) is 59.0 cm³/mol. The van der Waals surface area contributed by atoms with Crippen molar-refractivity contribution in [1.82, 2.24) is 0 Å². The fourth-order valence-electron chi connectivity index (χ4n) is 1.52. The molecule has 0 N–H and O–H groups in total. The van der Waals surface area contributed by atoms with E-state index in [-0.39, 0.29) is 0 Å². The molecule has 0 aromatic heterocycles. The van der Waals surface area contributed by atoms with Crippen LogP contribution < -0.4 is 0 Å². The van der Waals surface area contributed by atoms with Crippen LogP contribution in [0.4, 0.5) is 0 Å². The molecule has 1 atom stereocenters. The van der Waals surface area contributed by atoms with Gasteiger partial charge in [-0.05, 0) is 25.3 Å². The molecule has 0 radical (unpaired) electrons. The van der Waals surface area contributed by atoms with Crippen molar-refractivity contribution >= 4 is 5.97 Å². The van der Waals surface area contributed by atoms with Crippen LogP contribution >= 0.6 is 0 Å². The van der Waals surface area contributed by atoms with E-state index in [9.17, 15) is 4.79 Å². The monoisotopic (exact) mass is 209 g/mol. The summed E-state index contributed by atoms with van der Waals surface area (Å²) < 4.78 is 4.68. The molecule has 0 amide bonds. The second-order valence-electron chi connectivity index (χ2n) is 3.62. The highest BCUT2D eigenvalue weighted by atomic mass is 16.5. The molecular formula is C12H19NO2. The Morgan fingerprint density at radius 3 is 2.47 bits per heavy atom. The number of methoxy groups -OCH3 is 1. The molecular weight excluding hydrogens is 190 g/mol. The molecule has 15 heavy (non-hydrogen) atoms. The Balaban J connectivity index is 5.14. The molecule has 0 aliphatic heterocycles. The van der Waals surface area contributed by atoms with Crippen molar-refractivity contribution in [2.45, 2.75) is 40.0 Å². The van der Waals surface area contributed by atoms with Gasteiger partial charge in [-0.2, -0.15) is 5.26 Å². The molecule has 3 heteroatoms. The fraction of sp³-hybridized carbons (Fsp3) is 0.667. The zero-order valence-electron chi connectivity index (χ0n) is 9.96. The van der Waals surface area contributed by atoms with Crippen LogP contribution in [0.25, 0.3) is 0 Å². The molecule has 84 valence electrons. The molecule has 0 heterocycles. The summed E-state index contributed by atoms with van der Waals surface area (Å²) in [5, 5.41) is 9.12. The molecule has 0 saturated carbocycles. The summed E-state index contributed by atoms with van der Waals surface area (Å²) >= 11 is 0. The van der Waals surface area contributed by atoms with Crippen LogP contribution in [0.3, 0.4) is 0 Å². The first-order valence-electron chi connectivity index (χ1n) is 5.25. The van der Waals surface area contributed by atoms with E-state index in [0.717, 1.165) is 24.8 Å². The minimum Gasteiger partial charge on any atom is -0.468 e. The number of carbonyl (C=O) groups is 1.